The molecular formula is C17H22N2O3S. The van der Waals surface area contributed by atoms with Crippen molar-refractivity contribution >= 4 is 23.6 Å². The summed E-state index contributed by atoms with van der Waals surface area (Å²) in [7, 11) is 0. The van der Waals surface area contributed by atoms with E-state index in [2.05, 4.69) is 19.1 Å². The van der Waals surface area contributed by atoms with Gasteiger partial charge in [0.05, 0.1) is 19.2 Å². The second-order valence-corrected chi connectivity index (χ2v) is 7.37. The minimum Gasteiger partial charge on any atom is -0.370 e. The molecule has 0 radical (unpaired) electrons. The highest BCUT2D eigenvalue weighted by Crippen LogP contribution is 2.36. The lowest BCUT2D eigenvalue weighted by molar-refractivity contribution is -0.149. The first-order valence-electron chi connectivity index (χ1n) is 7.98. The first kappa shape index (κ1) is 16.3. The molecule has 2 saturated heterocycles. The van der Waals surface area contributed by atoms with Gasteiger partial charge in [-0.2, -0.15) is 11.8 Å². The highest BCUT2D eigenvalue weighted by atomic mass is 32.2. The molecule has 6 heteroatoms. The van der Waals surface area contributed by atoms with Crippen LogP contribution in [0.1, 0.15) is 18.5 Å². The summed E-state index contributed by atoms with van der Waals surface area (Å²) in [4.78, 5) is 28.2. The summed E-state index contributed by atoms with van der Waals surface area (Å²) < 4.78 is 5.13. The third kappa shape index (κ3) is 3.70. The molecule has 2 aliphatic heterocycles. The fourth-order valence-corrected chi connectivity index (χ4v) is 4.33. The zero-order chi connectivity index (χ0) is 16.2. The molecule has 23 heavy (non-hydrogen) atoms. The minimum absolute atomic E-state index is 0.0289. The molecular weight excluding hydrogens is 312 g/mol. The Morgan fingerprint density at radius 2 is 2.09 bits per heavy atom. The van der Waals surface area contributed by atoms with Gasteiger partial charge in [-0.25, -0.2) is 0 Å². The number of benzene rings is 1. The van der Waals surface area contributed by atoms with Gasteiger partial charge in [-0.05, 0) is 5.56 Å². The number of ether oxygens (including phenoxy) is 1. The first-order chi connectivity index (χ1) is 11.2. The van der Waals surface area contributed by atoms with Gasteiger partial charge in [0, 0.05) is 24.1 Å². The Balaban J connectivity index is 1.75. The fourth-order valence-electron chi connectivity index (χ4n) is 3.17. The lowest BCUT2D eigenvalue weighted by Gasteiger charge is -2.41. The Hall–Kier alpha value is -1.53. The van der Waals surface area contributed by atoms with Gasteiger partial charge in [-0.15, -0.1) is 0 Å². The molecule has 0 spiro atoms. The predicted octanol–water partition coefficient (Wildman–Crippen LogP) is 1.55. The van der Waals surface area contributed by atoms with Crippen LogP contribution in [0.3, 0.4) is 0 Å². The van der Waals surface area contributed by atoms with Gasteiger partial charge < -0.3 is 14.5 Å². The van der Waals surface area contributed by atoms with Gasteiger partial charge in [0.15, 0.2) is 0 Å². The maximum absolute atomic E-state index is 12.8. The topological polar surface area (TPSA) is 49.9 Å². The van der Waals surface area contributed by atoms with Crippen molar-refractivity contribution in [3.05, 3.63) is 35.9 Å². The second-order valence-electron chi connectivity index (χ2n) is 5.89. The molecule has 2 amide bonds. The molecule has 0 aliphatic carbocycles. The monoisotopic (exact) mass is 334 g/mol. The van der Waals surface area contributed by atoms with Crippen LogP contribution in [0.5, 0.6) is 0 Å². The van der Waals surface area contributed by atoms with Gasteiger partial charge in [-0.3, -0.25) is 9.59 Å². The highest BCUT2D eigenvalue weighted by Gasteiger charge is 2.34. The van der Waals surface area contributed by atoms with Crippen molar-refractivity contribution in [2.24, 2.45) is 0 Å². The summed E-state index contributed by atoms with van der Waals surface area (Å²) in [6, 6.07) is 10.2. The molecule has 1 aromatic carbocycles. The van der Waals surface area contributed by atoms with Crippen LogP contribution in [-0.2, 0) is 14.3 Å². The molecule has 2 unspecified atom stereocenters. The zero-order valence-corrected chi connectivity index (χ0v) is 14.1. The van der Waals surface area contributed by atoms with E-state index in [1.807, 2.05) is 34.9 Å². The van der Waals surface area contributed by atoms with Crippen LogP contribution in [0.2, 0.25) is 0 Å². The zero-order valence-electron chi connectivity index (χ0n) is 13.3. The Morgan fingerprint density at radius 1 is 1.30 bits per heavy atom. The largest absolute Gasteiger partial charge is 0.370 e. The van der Waals surface area contributed by atoms with E-state index in [1.165, 1.54) is 0 Å². The molecule has 0 saturated carbocycles. The molecule has 0 aromatic heterocycles. The summed E-state index contributed by atoms with van der Waals surface area (Å²) in [6.45, 7) is 4.14. The van der Waals surface area contributed by atoms with E-state index in [1.54, 1.807) is 4.90 Å². The van der Waals surface area contributed by atoms with E-state index in [9.17, 15) is 9.59 Å². The van der Waals surface area contributed by atoms with Gasteiger partial charge in [0.2, 0.25) is 11.8 Å². The molecule has 124 valence electrons. The van der Waals surface area contributed by atoms with Crippen LogP contribution in [0, 0.1) is 0 Å². The number of nitrogens with zero attached hydrogens (tertiary/aromatic N) is 2. The van der Waals surface area contributed by atoms with Crippen LogP contribution in [-0.4, -0.2) is 65.5 Å². The number of hydrogen-bond acceptors (Lipinski definition) is 4. The van der Waals surface area contributed by atoms with Crippen LogP contribution < -0.4 is 0 Å². The lowest BCUT2D eigenvalue weighted by Crippen LogP contribution is -2.51. The van der Waals surface area contributed by atoms with E-state index < -0.39 is 0 Å². The summed E-state index contributed by atoms with van der Waals surface area (Å²) in [6.07, 6.45) is 0. The quantitative estimate of drug-likeness (QED) is 0.842. The van der Waals surface area contributed by atoms with Crippen molar-refractivity contribution in [1.82, 2.24) is 9.80 Å². The third-order valence-corrected chi connectivity index (χ3v) is 5.57. The first-order valence-corrected chi connectivity index (χ1v) is 9.03. The SMILES string of the molecule is CC1SCCN(C(=O)CN2CCOCC2=O)C1c1ccccc1. The lowest BCUT2D eigenvalue weighted by atomic mass is 10.0. The van der Waals surface area contributed by atoms with E-state index in [0.29, 0.717) is 18.4 Å². The van der Waals surface area contributed by atoms with Crippen molar-refractivity contribution in [3.8, 4) is 0 Å². The molecule has 1 aromatic rings. The number of morpholine rings is 1. The van der Waals surface area contributed by atoms with Gasteiger partial charge in [0.25, 0.3) is 0 Å². The van der Waals surface area contributed by atoms with Crippen molar-refractivity contribution in [2.45, 2.75) is 18.2 Å². The van der Waals surface area contributed by atoms with Gasteiger partial charge in [-0.1, -0.05) is 37.3 Å². The Bertz CT molecular complexity index is 566. The number of hydrogen-bond donors (Lipinski definition) is 0. The maximum atomic E-state index is 12.8. The number of amides is 2. The summed E-state index contributed by atoms with van der Waals surface area (Å²) in [5.74, 6) is 0.870. The van der Waals surface area contributed by atoms with Crippen LogP contribution in [0.25, 0.3) is 0 Å². The predicted molar refractivity (Wildman–Crippen MR) is 90.2 cm³/mol. The van der Waals surface area contributed by atoms with Crippen LogP contribution in [0.4, 0.5) is 0 Å². The third-order valence-electron chi connectivity index (χ3n) is 4.36. The van der Waals surface area contributed by atoms with E-state index in [0.717, 1.165) is 17.9 Å². The smallest absolute Gasteiger partial charge is 0.249 e. The van der Waals surface area contributed by atoms with E-state index in [-0.39, 0.29) is 31.0 Å². The molecule has 2 atom stereocenters. The standard InChI is InChI=1S/C17H22N2O3S/c1-13-17(14-5-3-2-4-6-14)19(8-10-23-13)15(20)11-18-7-9-22-12-16(18)21/h2-6,13,17H,7-12H2,1H3. The van der Waals surface area contributed by atoms with Crippen molar-refractivity contribution in [3.63, 3.8) is 0 Å². The van der Waals surface area contributed by atoms with Crippen LogP contribution in [0.15, 0.2) is 30.3 Å². The average molecular weight is 334 g/mol. The number of carbonyl (C=O) groups excluding carboxylic acids is 2. The van der Waals surface area contributed by atoms with Crippen molar-refractivity contribution in [2.75, 3.05) is 38.6 Å². The second kappa shape index (κ2) is 7.36. The Morgan fingerprint density at radius 3 is 2.83 bits per heavy atom. The molecule has 2 heterocycles. The maximum Gasteiger partial charge on any atom is 0.249 e. The fraction of sp³-hybridized carbons (Fsp3) is 0.529. The van der Waals surface area contributed by atoms with Crippen molar-refractivity contribution in [1.29, 1.82) is 0 Å². The Kier molecular flexibility index (Phi) is 5.23. The summed E-state index contributed by atoms with van der Waals surface area (Å²) >= 11 is 1.89. The van der Waals surface area contributed by atoms with E-state index in [4.69, 9.17) is 4.74 Å². The molecule has 2 fully saturated rings. The van der Waals surface area contributed by atoms with Crippen LogP contribution >= 0.6 is 11.8 Å². The molecule has 0 N–H and O–H groups in total. The number of rotatable bonds is 3. The summed E-state index contributed by atoms with van der Waals surface area (Å²) in [5, 5.41) is 0.343. The average Bonchev–Trinajstić information content (AvgIpc) is 2.57. The summed E-state index contributed by atoms with van der Waals surface area (Å²) in [5.41, 5.74) is 1.16. The number of thioether (sulfide) groups is 1. The minimum atomic E-state index is -0.0969. The molecule has 2 aliphatic rings. The van der Waals surface area contributed by atoms with Gasteiger partial charge in [0.1, 0.15) is 6.61 Å². The molecule has 3 rings (SSSR count). The van der Waals surface area contributed by atoms with Crippen molar-refractivity contribution < 1.29 is 14.3 Å². The normalized spacial score (nSPS) is 25.5. The van der Waals surface area contributed by atoms with Gasteiger partial charge >= 0.3 is 0 Å². The Labute approximate surface area is 141 Å². The molecule has 0 bridgehead atoms. The number of carbonyl (C=O) groups is 2. The molecule has 5 nitrogen and oxygen atoms in total. The highest BCUT2D eigenvalue weighted by molar-refractivity contribution is 8.00. The van der Waals surface area contributed by atoms with E-state index >= 15 is 0 Å².